The topological polar surface area (TPSA) is 87.1 Å². The Kier molecular flexibility index (Phi) is 9.07. The van der Waals surface area contributed by atoms with E-state index in [0.29, 0.717) is 47.5 Å². The van der Waals surface area contributed by atoms with Crippen molar-refractivity contribution in [1.82, 2.24) is 24.1 Å². The molecule has 12 heteroatoms. The molecule has 6 aromatic rings. The Hall–Kier alpha value is -3.93. The van der Waals surface area contributed by atoms with Gasteiger partial charge in [0, 0.05) is 76.1 Å². The van der Waals surface area contributed by atoms with Crippen LogP contribution in [0.2, 0.25) is 5.02 Å². The predicted molar refractivity (Wildman–Crippen MR) is 199 cm³/mol. The first-order valence-corrected chi connectivity index (χ1v) is 19.5. The van der Waals surface area contributed by atoms with Crippen molar-refractivity contribution >= 4 is 62.8 Å². The molecule has 0 aliphatic carbocycles. The standard InChI is InChI=1S/C38H37ClFN5O3S2/c1-43-36-29-11-12-30(39)34(36)35-31(42-45-13-5-3-4-8-32(35)45)21-49-19-24-17-25(44(2)41-24)20-50-26-16-22-15-23(40)9-10-27(22)33(18-26)48-14-6-7-28(29)37(43)38(46)47/h9-12,15-18H,3-8,13-14,19-21H2,1-2H3,(H,46,47). The molecule has 3 aromatic heterocycles. The normalized spacial score (nSPS) is 15.7. The Morgan fingerprint density at radius 3 is 2.66 bits per heavy atom. The summed E-state index contributed by atoms with van der Waals surface area (Å²) in [7, 11) is 3.80. The summed E-state index contributed by atoms with van der Waals surface area (Å²) in [6, 6.07) is 14.8. The average molecular weight is 730 g/mol. The van der Waals surface area contributed by atoms with Gasteiger partial charge in [0.25, 0.3) is 0 Å². The van der Waals surface area contributed by atoms with Gasteiger partial charge < -0.3 is 14.4 Å². The number of carboxylic acid groups (broad SMARTS) is 1. The highest BCUT2D eigenvalue weighted by Crippen LogP contribution is 2.44. The van der Waals surface area contributed by atoms with Gasteiger partial charge in [0.15, 0.2) is 0 Å². The fourth-order valence-corrected chi connectivity index (χ4v) is 9.65. The summed E-state index contributed by atoms with van der Waals surface area (Å²) in [6.07, 6.45) is 5.26. The predicted octanol–water partition coefficient (Wildman–Crippen LogP) is 9.20. The third-order valence-electron chi connectivity index (χ3n) is 9.86. The van der Waals surface area contributed by atoms with E-state index in [1.807, 2.05) is 43.0 Å². The lowest BCUT2D eigenvalue weighted by molar-refractivity contribution is 0.0685. The Balaban J connectivity index is 1.27. The highest BCUT2D eigenvalue weighted by atomic mass is 35.5. The average Bonchev–Trinajstić information content (AvgIpc) is 3.64. The van der Waals surface area contributed by atoms with Gasteiger partial charge in [-0.15, -0.1) is 23.5 Å². The maximum Gasteiger partial charge on any atom is 0.352 e. The van der Waals surface area contributed by atoms with E-state index in [2.05, 4.69) is 10.7 Å². The van der Waals surface area contributed by atoms with E-state index in [4.69, 9.17) is 26.5 Å². The van der Waals surface area contributed by atoms with Crippen LogP contribution in [0.15, 0.2) is 53.4 Å². The Labute approximate surface area is 302 Å². The lowest BCUT2D eigenvalue weighted by Crippen LogP contribution is -2.09. The third kappa shape index (κ3) is 6.07. The number of ether oxygens (including phenoxy) is 1. The van der Waals surface area contributed by atoms with E-state index in [1.165, 1.54) is 17.8 Å². The van der Waals surface area contributed by atoms with Gasteiger partial charge in [0.2, 0.25) is 0 Å². The molecule has 0 saturated carbocycles. The minimum absolute atomic E-state index is 0.255. The van der Waals surface area contributed by atoms with Crippen LogP contribution in [0, 0.1) is 5.82 Å². The van der Waals surface area contributed by atoms with Crippen LogP contribution in [0.5, 0.6) is 5.75 Å². The molecular weight excluding hydrogens is 693 g/mol. The van der Waals surface area contributed by atoms with E-state index in [-0.39, 0.29) is 11.5 Å². The van der Waals surface area contributed by atoms with E-state index < -0.39 is 5.97 Å². The van der Waals surface area contributed by atoms with Gasteiger partial charge in [-0.3, -0.25) is 9.36 Å². The van der Waals surface area contributed by atoms with E-state index in [9.17, 15) is 14.3 Å². The maximum atomic E-state index is 14.3. The zero-order chi connectivity index (χ0) is 34.5. The molecule has 8 bridgehead atoms. The minimum atomic E-state index is -0.978. The molecule has 0 unspecified atom stereocenters. The number of fused-ring (bicyclic) bond motifs is 10. The van der Waals surface area contributed by atoms with Crippen LogP contribution in [0.3, 0.4) is 0 Å². The first-order valence-electron chi connectivity index (χ1n) is 17.0. The summed E-state index contributed by atoms with van der Waals surface area (Å²) >= 11 is 10.6. The van der Waals surface area contributed by atoms with Gasteiger partial charge >= 0.3 is 5.97 Å². The van der Waals surface area contributed by atoms with E-state index >= 15 is 0 Å². The van der Waals surface area contributed by atoms with Crippen LogP contribution in [0.1, 0.15) is 64.5 Å². The maximum absolute atomic E-state index is 14.3. The zero-order valence-corrected chi connectivity index (χ0v) is 30.4. The SMILES string of the molecule is Cn1nc2cc1CSc1cc(c3ccc(F)cc3c1)OCCCc1c(C(=O)O)n(C)c3c(c(Cl)ccc13)-c1c(nn3c1CCCCC3)CSC2. The lowest BCUT2D eigenvalue weighted by Gasteiger charge is -2.13. The number of nitrogens with zero attached hydrogens (tertiary/aromatic N) is 5. The molecule has 0 amide bonds. The molecule has 1 N–H and O–H groups in total. The molecule has 8 rings (SSSR count). The molecular formula is C38H37ClFN5O3S2. The number of aryl methyl sites for hydroxylation is 4. The van der Waals surface area contributed by atoms with Crippen molar-refractivity contribution in [3.05, 3.63) is 93.4 Å². The van der Waals surface area contributed by atoms with Crippen LogP contribution < -0.4 is 4.74 Å². The number of carbonyl (C=O) groups is 1. The number of benzene rings is 3. The summed E-state index contributed by atoms with van der Waals surface area (Å²) in [4.78, 5) is 13.8. The number of aromatic carboxylic acids is 1. The van der Waals surface area contributed by atoms with Crippen LogP contribution in [-0.2, 0) is 50.7 Å². The van der Waals surface area contributed by atoms with Gasteiger partial charge in [-0.1, -0.05) is 24.1 Å². The summed E-state index contributed by atoms with van der Waals surface area (Å²) in [6.45, 7) is 1.22. The fraction of sp³-hybridized carbons (Fsp3) is 0.342. The molecule has 5 heterocycles. The number of halogens is 2. The molecule has 0 radical (unpaired) electrons. The number of hydrogen-bond acceptors (Lipinski definition) is 6. The highest BCUT2D eigenvalue weighted by molar-refractivity contribution is 7.98. The smallest absolute Gasteiger partial charge is 0.352 e. The highest BCUT2D eigenvalue weighted by Gasteiger charge is 2.29. The van der Waals surface area contributed by atoms with Crippen molar-refractivity contribution in [3.63, 3.8) is 0 Å². The van der Waals surface area contributed by atoms with Crippen molar-refractivity contribution in [1.29, 1.82) is 0 Å². The lowest BCUT2D eigenvalue weighted by atomic mass is 9.96. The monoisotopic (exact) mass is 729 g/mol. The van der Waals surface area contributed by atoms with Crippen molar-refractivity contribution in [3.8, 4) is 16.9 Å². The summed E-state index contributed by atoms with van der Waals surface area (Å²) in [5, 5.41) is 23.6. The third-order valence-corrected chi connectivity index (χ3v) is 12.2. The quantitative estimate of drug-likeness (QED) is 0.181. The second kappa shape index (κ2) is 13.7. The van der Waals surface area contributed by atoms with Gasteiger partial charge in [-0.25, -0.2) is 9.18 Å². The molecule has 3 aromatic carbocycles. The molecule has 0 spiro atoms. The second-order valence-electron chi connectivity index (χ2n) is 13.1. The van der Waals surface area contributed by atoms with Crippen LogP contribution in [0.25, 0.3) is 32.8 Å². The van der Waals surface area contributed by atoms with Crippen LogP contribution >= 0.6 is 35.1 Å². The molecule has 2 aliphatic rings. The Morgan fingerprint density at radius 1 is 0.940 bits per heavy atom. The number of hydrogen-bond donors (Lipinski definition) is 1. The summed E-state index contributed by atoms with van der Waals surface area (Å²) < 4.78 is 26.6. The number of carboxylic acids is 1. The van der Waals surface area contributed by atoms with Gasteiger partial charge in [0.05, 0.1) is 28.5 Å². The fourth-order valence-electron chi connectivity index (χ4n) is 7.57. The number of aromatic nitrogens is 5. The largest absolute Gasteiger partial charge is 0.493 e. The van der Waals surface area contributed by atoms with E-state index in [1.54, 1.807) is 34.2 Å². The number of rotatable bonds is 1. The molecule has 2 aliphatic heterocycles. The molecule has 258 valence electrons. The summed E-state index contributed by atoms with van der Waals surface area (Å²) in [5.74, 6) is 1.48. The Morgan fingerprint density at radius 2 is 1.80 bits per heavy atom. The van der Waals surface area contributed by atoms with Gasteiger partial charge in [-0.05, 0) is 85.5 Å². The first-order chi connectivity index (χ1) is 24.3. The molecule has 0 saturated heterocycles. The van der Waals surface area contributed by atoms with Crippen molar-refractivity contribution < 1.29 is 19.0 Å². The van der Waals surface area contributed by atoms with Crippen molar-refractivity contribution in [2.75, 3.05) is 6.61 Å². The molecule has 50 heavy (non-hydrogen) atoms. The van der Waals surface area contributed by atoms with Crippen molar-refractivity contribution in [2.24, 2.45) is 14.1 Å². The zero-order valence-electron chi connectivity index (χ0n) is 28.0. The molecule has 0 atom stereocenters. The summed E-state index contributed by atoms with van der Waals surface area (Å²) in [5.41, 5.74) is 7.95. The van der Waals surface area contributed by atoms with Crippen LogP contribution in [0.4, 0.5) is 4.39 Å². The van der Waals surface area contributed by atoms with E-state index in [0.717, 1.165) is 92.6 Å². The second-order valence-corrected chi connectivity index (χ2v) is 15.5. The minimum Gasteiger partial charge on any atom is -0.493 e. The Bertz CT molecular complexity index is 2290. The van der Waals surface area contributed by atoms with Crippen molar-refractivity contribution in [2.45, 2.75) is 67.2 Å². The first kappa shape index (κ1) is 33.2. The molecule has 8 nitrogen and oxygen atoms in total. The van der Waals surface area contributed by atoms with Crippen LogP contribution in [-0.4, -0.2) is 41.8 Å². The van der Waals surface area contributed by atoms with Gasteiger partial charge in [0.1, 0.15) is 17.3 Å². The molecule has 0 fully saturated rings. The van der Waals surface area contributed by atoms with Gasteiger partial charge in [-0.2, -0.15) is 10.2 Å². The number of thioether (sulfide) groups is 2.